The second-order valence-electron chi connectivity index (χ2n) is 1.91. The molecule has 60 valence electrons. The standard InChI is InChI=1S/C6H12O4/c1-5(7)10-4-6(8)3-9-2/h6,8H,3-4H2,1-2H3/t6-/m0/s1. The van der Waals surface area contributed by atoms with Crippen LogP contribution < -0.4 is 0 Å². The molecular formula is C6H12O4. The third-order valence-corrected chi connectivity index (χ3v) is 0.838. The summed E-state index contributed by atoms with van der Waals surface area (Å²) >= 11 is 0. The van der Waals surface area contributed by atoms with Gasteiger partial charge in [-0.3, -0.25) is 4.79 Å². The summed E-state index contributed by atoms with van der Waals surface area (Å²) in [5.41, 5.74) is 0. The molecule has 0 aliphatic carbocycles. The molecule has 0 amide bonds. The maximum atomic E-state index is 10.2. The number of carbonyl (C=O) groups is 1. The predicted molar refractivity (Wildman–Crippen MR) is 34.5 cm³/mol. The molecule has 0 aliphatic heterocycles. The number of ether oxygens (including phenoxy) is 2. The first-order chi connectivity index (χ1) is 4.66. The average Bonchev–Trinajstić information content (AvgIpc) is 1.85. The topological polar surface area (TPSA) is 55.8 Å². The number of esters is 1. The smallest absolute Gasteiger partial charge is 0.302 e. The van der Waals surface area contributed by atoms with Crippen molar-refractivity contribution >= 4 is 5.97 Å². The molecular weight excluding hydrogens is 136 g/mol. The van der Waals surface area contributed by atoms with Crippen LogP contribution in [0.2, 0.25) is 0 Å². The highest BCUT2D eigenvalue weighted by molar-refractivity contribution is 5.65. The van der Waals surface area contributed by atoms with E-state index in [1.54, 1.807) is 0 Å². The molecule has 0 radical (unpaired) electrons. The van der Waals surface area contributed by atoms with Crippen LogP contribution >= 0.6 is 0 Å². The van der Waals surface area contributed by atoms with Gasteiger partial charge < -0.3 is 14.6 Å². The van der Waals surface area contributed by atoms with E-state index in [1.807, 2.05) is 0 Å². The van der Waals surface area contributed by atoms with E-state index >= 15 is 0 Å². The average molecular weight is 148 g/mol. The van der Waals surface area contributed by atoms with Gasteiger partial charge in [0.1, 0.15) is 12.7 Å². The normalized spacial score (nSPS) is 12.7. The van der Waals surface area contributed by atoms with Gasteiger partial charge in [0.2, 0.25) is 0 Å². The van der Waals surface area contributed by atoms with Crippen molar-refractivity contribution in [2.45, 2.75) is 13.0 Å². The Hall–Kier alpha value is -0.610. The summed E-state index contributed by atoms with van der Waals surface area (Å²) in [4.78, 5) is 10.2. The van der Waals surface area contributed by atoms with E-state index in [0.29, 0.717) is 0 Å². The summed E-state index contributed by atoms with van der Waals surface area (Å²) in [6, 6.07) is 0. The molecule has 0 saturated carbocycles. The molecule has 1 atom stereocenters. The van der Waals surface area contributed by atoms with Crippen LogP contribution in [0, 0.1) is 0 Å². The summed E-state index contributed by atoms with van der Waals surface area (Å²) < 4.78 is 9.08. The van der Waals surface area contributed by atoms with E-state index in [0.717, 1.165) is 0 Å². The Morgan fingerprint density at radius 1 is 1.60 bits per heavy atom. The monoisotopic (exact) mass is 148 g/mol. The lowest BCUT2D eigenvalue weighted by atomic mass is 10.4. The van der Waals surface area contributed by atoms with Crippen LogP contribution in [0.4, 0.5) is 0 Å². The van der Waals surface area contributed by atoms with Gasteiger partial charge in [-0.25, -0.2) is 0 Å². The van der Waals surface area contributed by atoms with Gasteiger partial charge in [-0.2, -0.15) is 0 Å². The summed E-state index contributed by atoms with van der Waals surface area (Å²) in [5.74, 6) is -0.393. The van der Waals surface area contributed by atoms with E-state index in [2.05, 4.69) is 9.47 Å². The molecule has 0 unspecified atom stereocenters. The molecule has 0 spiro atoms. The van der Waals surface area contributed by atoms with Crippen LogP contribution in [0.25, 0.3) is 0 Å². The number of methoxy groups -OCH3 is 1. The lowest BCUT2D eigenvalue weighted by Gasteiger charge is -2.07. The summed E-state index contributed by atoms with van der Waals surface area (Å²) in [5, 5.41) is 8.90. The van der Waals surface area contributed by atoms with E-state index in [-0.39, 0.29) is 13.2 Å². The fraction of sp³-hybridized carbons (Fsp3) is 0.833. The molecule has 4 heteroatoms. The Balaban J connectivity index is 3.21. The third-order valence-electron chi connectivity index (χ3n) is 0.838. The van der Waals surface area contributed by atoms with Gasteiger partial charge in [0.25, 0.3) is 0 Å². The van der Waals surface area contributed by atoms with Crippen molar-refractivity contribution in [3.63, 3.8) is 0 Å². The zero-order chi connectivity index (χ0) is 7.98. The minimum Gasteiger partial charge on any atom is -0.463 e. The SMILES string of the molecule is COC[C@H](O)COC(C)=O. The summed E-state index contributed by atoms with van der Waals surface area (Å²) in [7, 11) is 1.47. The second-order valence-corrected chi connectivity index (χ2v) is 1.91. The zero-order valence-corrected chi connectivity index (χ0v) is 6.16. The lowest BCUT2D eigenvalue weighted by Crippen LogP contribution is -2.22. The highest BCUT2D eigenvalue weighted by atomic mass is 16.5. The maximum absolute atomic E-state index is 10.2. The minimum atomic E-state index is -0.714. The number of hydrogen-bond acceptors (Lipinski definition) is 4. The number of aliphatic hydroxyl groups excluding tert-OH is 1. The number of aliphatic hydroxyl groups is 1. The van der Waals surface area contributed by atoms with E-state index in [4.69, 9.17) is 5.11 Å². The summed E-state index contributed by atoms with van der Waals surface area (Å²) in [6.07, 6.45) is -0.714. The summed E-state index contributed by atoms with van der Waals surface area (Å²) in [6.45, 7) is 1.48. The second kappa shape index (κ2) is 5.20. The number of hydrogen-bond donors (Lipinski definition) is 1. The van der Waals surface area contributed by atoms with Crippen molar-refractivity contribution in [2.24, 2.45) is 0 Å². The fourth-order valence-electron chi connectivity index (χ4n) is 0.454. The molecule has 0 aliphatic rings. The first-order valence-corrected chi connectivity index (χ1v) is 2.97. The number of carbonyl (C=O) groups excluding carboxylic acids is 1. The minimum absolute atomic E-state index is 0.00315. The van der Waals surface area contributed by atoms with E-state index in [9.17, 15) is 4.79 Å². The van der Waals surface area contributed by atoms with Gasteiger partial charge in [0.15, 0.2) is 0 Å². The van der Waals surface area contributed by atoms with Crippen molar-refractivity contribution in [1.82, 2.24) is 0 Å². The van der Waals surface area contributed by atoms with Crippen molar-refractivity contribution < 1.29 is 19.4 Å². The van der Waals surface area contributed by atoms with Gasteiger partial charge in [-0.1, -0.05) is 0 Å². The molecule has 0 fully saturated rings. The van der Waals surface area contributed by atoms with Crippen molar-refractivity contribution in [3.05, 3.63) is 0 Å². The van der Waals surface area contributed by atoms with Gasteiger partial charge in [0, 0.05) is 14.0 Å². The number of rotatable bonds is 4. The Morgan fingerprint density at radius 3 is 2.60 bits per heavy atom. The van der Waals surface area contributed by atoms with Crippen LogP contribution in [-0.4, -0.2) is 37.5 Å². The van der Waals surface area contributed by atoms with Crippen molar-refractivity contribution in [1.29, 1.82) is 0 Å². The molecule has 0 saturated heterocycles. The Kier molecular flexibility index (Phi) is 4.88. The van der Waals surface area contributed by atoms with Gasteiger partial charge >= 0.3 is 5.97 Å². The van der Waals surface area contributed by atoms with Gasteiger partial charge in [-0.15, -0.1) is 0 Å². The molecule has 0 aromatic rings. The highest BCUT2D eigenvalue weighted by Crippen LogP contribution is 1.85. The quantitative estimate of drug-likeness (QED) is 0.549. The molecule has 10 heavy (non-hydrogen) atoms. The molecule has 0 rings (SSSR count). The lowest BCUT2D eigenvalue weighted by molar-refractivity contribution is -0.144. The Morgan fingerprint density at radius 2 is 2.20 bits per heavy atom. The molecule has 0 heterocycles. The molecule has 1 N–H and O–H groups in total. The van der Waals surface area contributed by atoms with Crippen molar-refractivity contribution in [3.8, 4) is 0 Å². The van der Waals surface area contributed by atoms with Gasteiger partial charge in [0.05, 0.1) is 6.61 Å². The third kappa shape index (κ3) is 5.53. The van der Waals surface area contributed by atoms with Crippen LogP contribution in [0.5, 0.6) is 0 Å². The molecule has 0 aromatic carbocycles. The van der Waals surface area contributed by atoms with Crippen molar-refractivity contribution in [2.75, 3.05) is 20.3 Å². The molecule has 0 bridgehead atoms. The van der Waals surface area contributed by atoms with E-state index < -0.39 is 12.1 Å². The zero-order valence-electron chi connectivity index (χ0n) is 6.16. The predicted octanol–water partition coefficient (Wildman–Crippen LogP) is -0.443. The van der Waals surface area contributed by atoms with E-state index in [1.165, 1.54) is 14.0 Å². The Labute approximate surface area is 59.7 Å². The fourth-order valence-corrected chi connectivity index (χ4v) is 0.454. The first-order valence-electron chi connectivity index (χ1n) is 2.97. The van der Waals surface area contributed by atoms with Crippen LogP contribution in [-0.2, 0) is 14.3 Å². The maximum Gasteiger partial charge on any atom is 0.302 e. The van der Waals surface area contributed by atoms with Crippen LogP contribution in [0.1, 0.15) is 6.92 Å². The molecule has 4 nitrogen and oxygen atoms in total. The van der Waals surface area contributed by atoms with Gasteiger partial charge in [-0.05, 0) is 0 Å². The van der Waals surface area contributed by atoms with Crippen LogP contribution in [0.3, 0.4) is 0 Å². The van der Waals surface area contributed by atoms with Crippen LogP contribution in [0.15, 0.2) is 0 Å². The first kappa shape index (κ1) is 9.39. The largest absolute Gasteiger partial charge is 0.463 e. The molecule has 0 aromatic heterocycles. The highest BCUT2D eigenvalue weighted by Gasteiger charge is 2.03. The Bertz CT molecular complexity index is 102.